The maximum Gasteiger partial charge on any atom is 0.366 e. The Bertz CT molecular complexity index is 708. The van der Waals surface area contributed by atoms with Gasteiger partial charge in [-0.2, -0.15) is 0 Å². The molecular formula is C14H21FN2O9. The van der Waals surface area contributed by atoms with Gasteiger partial charge in [-0.3, -0.25) is 9.36 Å². The van der Waals surface area contributed by atoms with Gasteiger partial charge >= 0.3 is 5.69 Å². The summed E-state index contributed by atoms with van der Waals surface area (Å²) in [6.07, 6.45) is -3.81. The van der Waals surface area contributed by atoms with Crippen LogP contribution in [0.5, 0.6) is 0 Å². The van der Waals surface area contributed by atoms with Crippen molar-refractivity contribution < 1.29 is 38.8 Å². The molecule has 0 unspecified atom stereocenters. The lowest BCUT2D eigenvalue weighted by molar-refractivity contribution is -0.125. The van der Waals surface area contributed by atoms with Gasteiger partial charge in [0.1, 0.15) is 18.9 Å². The van der Waals surface area contributed by atoms with Crippen molar-refractivity contribution in [1.29, 1.82) is 0 Å². The van der Waals surface area contributed by atoms with E-state index in [1.165, 1.54) is 7.11 Å². The minimum atomic E-state index is -2.49. The molecule has 1 aromatic rings. The van der Waals surface area contributed by atoms with Crippen molar-refractivity contribution in [3.63, 3.8) is 0 Å². The van der Waals surface area contributed by atoms with E-state index in [9.17, 15) is 29.3 Å². The van der Waals surface area contributed by atoms with Crippen LogP contribution in [-0.2, 0) is 14.2 Å². The van der Waals surface area contributed by atoms with Crippen molar-refractivity contribution in [2.45, 2.75) is 24.0 Å². The third-order valence-electron chi connectivity index (χ3n) is 3.91. The maximum absolute atomic E-state index is 13.4. The van der Waals surface area contributed by atoms with Crippen LogP contribution in [0.25, 0.3) is 0 Å². The molecule has 11 nitrogen and oxygen atoms in total. The smallest absolute Gasteiger partial charge is 0.366 e. The van der Waals surface area contributed by atoms with Crippen LogP contribution < -0.4 is 16.1 Å². The number of hydrogen-bond donors (Lipinski definition) is 3. The van der Waals surface area contributed by atoms with E-state index in [1.807, 2.05) is 0 Å². The molecule has 1 aliphatic rings. The molecule has 0 radical (unpaired) electrons. The molecule has 1 fully saturated rings. The van der Waals surface area contributed by atoms with E-state index in [4.69, 9.17) is 19.0 Å². The summed E-state index contributed by atoms with van der Waals surface area (Å²) in [5.41, 5.74) is -4.41. The zero-order chi connectivity index (χ0) is 19.3. The second kappa shape index (κ2) is 8.70. The molecule has 0 amide bonds. The molecule has 12 heteroatoms. The zero-order valence-corrected chi connectivity index (χ0v) is 14.0. The fourth-order valence-corrected chi connectivity index (χ4v) is 2.48. The van der Waals surface area contributed by atoms with Gasteiger partial charge in [-0.05, 0) is 0 Å². The van der Waals surface area contributed by atoms with Gasteiger partial charge in [0.15, 0.2) is 11.8 Å². The van der Waals surface area contributed by atoms with E-state index >= 15 is 0 Å². The van der Waals surface area contributed by atoms with Gasteiger partial charge in [-0.25, -0.2) is 9.18 Å². The Morgan fingerprint density at radius 2 is 2.12 bits per heavy atom. The number of halogens is 1. The summed E-state index contributed by atoms with van der Waals surface area (Å²) in [6, 6.07) is 0.928. The monoisotopic (exact) mass is 380 g/mol. The van der Waals surface area contributed by atoms with Crippen molar-refractivity contribution in [2.75, 3.05) is 40.4 Å². The highest BCUT2D eigenvalue weighted by Gasteiger charge is 2.56. The van der Waals surface area contributed by atoms with Crippen LogP contribution in [0.4, 0.5) is 4.39 Å². The molecular weight excluding hydrogens is 359 g/mol. The molecule has 1 aromatic heterocycles. The molecule has 0 bridgehead atoms. The van der Waals surface area contributed by atoms with Crippen LogP contribution >= 0.6 is 0 Å². The summed E-state index contributed by atoms with van der Waals surface area (Å²) in [7, 11) is 1.46. The molecule has 2 rings (SSSR count). The molecule has 2 heterocycles. The van der Waals surface area contributed by atoms with Gasteiger partial charge in [0.25, 0.3) is 5.56 Å². The quantitative estimate of drug-likeness (QED) is 0.302. The lowest BCUT2D eigenvalue weighted by Crippen LogP contribution is -2.52. The average Bonchev–Trinajstić information content (AvgIpc) is 2.89. The topological polar surface area (TPSA) is 142 Å². The molecule has 0 aliphatic carbocycles. The lowest BCUT2D eigenvalue weighted by atomic mass is 9.95. The summed E-state index contributed by atoms with van der Waals surface area (Å²) in [4.78, 5) is 29.2. The van der Waals surface area contributed by atoms with Gasteiger partial charge in [-0.1, -0.05) is 4.73 Å². The predicted molar refractivity (Wildman–Crippen MR) is 82.2 cm³/mol. The zero-order valence-electron chi connectivity index (χ0n) is 14.0. The first-order valence-corrected chi connectivity index (χ1v) is 7.67. The Labute approximate surface area is 146 Å². The second-order valence-corrected chi connectivity index (χ2v) is 5.57. The SMILES string of the molecule is COCCOCOn1c(=O)ccn([C@@H]2O[C@H](CO)[C@@H](O)[C@]2(O)CF)c1=O. The average molecular weight is 380 g/mol. The van der Waals surface area contributed by atoms with Crippen molar-refractivity contribution in [2.24, 2.45) is 0 Å². The Hall–Kier alpha value is -1.83. The predicted octanol–water partition coefficient (Wildman–Crippen LogP) is -2.99. The van der Waals surface area contributed by atoms with Crippen LogP contribution in [0.15, 0.2) is 21.9 Å². The highest BCUT2D eigenvalue weighted by Crippen LogP contribution is 2.37. The van der Waals surface area contributed by atoms with Crippen molar-refractivity contribution in [1.82, 2.24) is 9.30 Å². The standard InChI is InChI=1S/C14H21FN2O9/c1-23-4-5-24-8-25-17-10(19)2-3-16(13(17)21)12-14(22,7-15)11(20)9(6-18)26-12/h2-3,9,11-12,18,20,22H,4-8H2,1H3/t9-,11-,12-,14-/m1/s1. The Morgan fingerprint density at radius 1 is 1.38 bits per heavy atom. The van der Waals surface area contributed by atoms with E-state index < -0.39 is 55.4 Å². The van der Waals surface area contributed by atoms with Gasteiger partial charge in [-0.15, -0.1) is 0 Å². The molecule has 3 N–H and O–H groups in total. The fraction of sp³-hybridized carbons (Fsp3) is 0.714. The third kappa shape index (κ3) is 3.79. The molecule has 148 valence electrons. The van der Waals surface area contributed by atoms with Gasteiger partial charge in [0.05, 0.1) is 19.8 Å². The third-order valence-corrected chi connectivity index (χ3v) is 3.91. The molecule has 26 heavy (non-hydrogen) atoms. The molecule has 0 saturated carbocycles. The molecule has 1 aliphatic heterocycles. The number of aromatic nitrogens is 2. The summed E-state index contributed by atoms with van der Waals surface area (Å²) in [6.45, 7) is -2.18. The van der Waals surface area contributed by atoms with Gasteiger partial charge in [0, 0.05) is 19.4 Å². The minimum Gasteiger partial charge on any atom is -0.394 e. The number of alkyl halides is 1. The number of aliphatic hydroxyl groups excluding tert-OH is 2. The first-order valence-electron chi connectivity index (χ1n) is 7.67. The van der Waals surface area contributed by atoms with E-state index in [-0.39, 0.29) is 13.2 Å². The van der Waals surface area contributed by atoms with Crippen molar-refractivity contribution in [3.05, 3.63) is 33.1 Å². The largest absolute Gasteiger partial charge is 0.394 e. The number of aliphatic hydroxyl groups is 3. The maximum atomic E-state index is 13.4. The number of ether oxygens (including phenoxy) is 3. The van der Waals surface area contributed by atoms with Crippen LogP contribution in [0.1, 0.15) is 6.23 Å². The van der Waals surface area contributed by atoms with Crippen molar-refractivity contribution in [3.8, 4) is 0 Å². The number of methoxy groups -OCH3 is 1. The summed E-state index contributed by atoms with van der Waals surface area (Å²) >= 11 is 0. The van der Waals surface area contributed by atoms with Crippen LogP contribution in [-0.4, -0.2) is 82.8 Å². The van der Waals surface area contributed by atoms with Crippen LogP contribution in [0, 0.1) is 0 Å². The van der Waals surface area contributed by atoms with E-state index in [0.29, 0.717) is 9.30 Å². The Morgan fingerprint density at radius 3 is 2.73 bits per heavy atom. The number of hydrogen-bond acceptors (Lipinski definition) is 9. The Balaban J connectivity index is 2.28. The van der Waals surface area contributed by atoms with E-state index in [2.05, 4.69) is 0 Å². The first-order chi connectivity index (χ1) is 12.4. The van der Waals surface area contributed by atoms with Gasteiger partial charge < -0.3 is 34.4 Å². The Kier molecular flexibility index (Phi) is 6.86. The van der Waals surface area contributed by atoms with Crippen LogP contribution in [0.2, 0.25) is 0 Å². The molecule has 0 spiro atoms. The number of rotatable bonds is 9. The minimum absolute atomic E-state index is 0.157. The first kappa shape index (κ1) is 20.5. The summed E-state index contributed by atoms with van der Waals surface area (Å²) in [5.74, 6) is 0. The van der Waals surface area contributed by atoms with Crippen LogP contribution in [0.3, 0.4) is 0 Å². The molecule has 4 atom stereocenters. The summed E-state index contributed by atoms with van der Waals surface area (Å²) < 4.78 is 29.4. The lowest BCUT2D eigenvalue weighted by Gasteiger charge is -2.28. The van der Waals surface area contributed by atoms with Gasteiger partial charge in [0.2, 0.25) is 6.79 Å². The second-order valence-electron chi connectivity index (χ2n) is 5.57. The highest BCUT2D eigenvalue weighted by atomic mass is 19.1. The fourth-order valence-electron chi connectivity index (χ4n) is 2.48. The number of nitrogens with zero attached hydrogens (tertiary/aromatic N) is 2. The normalized spacial score (nSPS) is 28.4. The van der Waals surface area contributed by atoms with E-state index in [0.717, 1.165) is 12.3 Å². The highest BCUT2D eigenvalue weighted by molar-refractivity contribution is 5.03. The molecule has 1 saturated heterocycles. The molecule has 0 aromatic carbocycles. The summed E-state index contributed by atoms with van der Waals surface area (Å²) in [5, 5.41) is 29.5. The van der Waals surface area contributed by atoms with E-state index in [1.54, 1.807) is 0 Å². The van der Waals surface area contributed by atoms with Crippen molar-refractivity contribution >= 4 is 0 Å².